The highest BCUT2D eigenvalue weighted by atomic mass is 32.1. The Morgan fingerprint density at radius 3 is 3.04 bits per heavy atom. The molecule has 0 spiro atoms. The Bertz CT molecular complexity index is 806. The average molecular weight is 357 g/mol. The van der Waals surface area contributed by atoms with Crippen LogP contribution in [-0.4, -0.2) is 41.9 Å². The molecule has 130 valence electrons. The minimum Gasteiger partial charge on any atom is -0.482 e. The summed E-state index contributed by atoms with van der Waals surface area (Å²) in [5, 5.41) is 2.94. The van der Waals surface area contributed by atoms with E-state index in [9.17, 15) is 9.59 Å². The molecule has 25 heavy (non-hydrogen) atoms. The number of anilines is 1. The summed E-state index contributed by atoms with van der Waals surface area (Å²) in [6, 6.07) is 5.34. The molecule has 2 amide bonds. The van der Waals surface area contributed by atoms with Crippen LogP contribution in [-0.2, 0) is 4.79 Å². The summed E-state index contributed by atoms with van der Waals surface area (Å²) >= 11 is 1.59. The summed E-state index contributed by atoms with van der Waals surface area (Å²) in [6.07, 6.45) is 4.82. The second-order valence-electron chi connectivity index (χ2n) is 6.30. The first-order valence-corrected chi connectivity index (χ1v) is 9.27. The maximum Gasteiger partial charge on any atom is 0.264 e. The van der Waals surface area contributed by atoms with Crippen molar-refractivity contribution in [2.75, 3.05) is 25.1 Å². The predicted molar refractivity (Wildman–Crippen MR) is 95.1 cm³/mol. The van der Waals surface area contributed by atoms with Gasteiger partial charge in [0, 0.05) is 30.7 Å². The Morgan fingerprint density at radius 1 is 1.36 bits per heavy atom. The molecule has 0 N–H and O–H groups in total. The SMILES string of the molecule is CN1C(=O)COc2ccc(C(=O)N3CCCCC3c3nccs3)cc21. The molecule has 2 aliphatic heterocycles. The third-order valence-corrected chi connectivity index (χ3v) is 5.67. The molecule has 1 fully saturated rings. The largest absolute Gasteiger partial charge is 0.482 e. The van der Waals surface area contributed by atoms with Crippen LogP contribution in [0.4, 0.5) is 5.69 Å². The molecule has 0 aliphatic carbocycles. The van der Waals surface area contributed by atoms with Gasteiger partial charge in [-0.2, -0.15) is 0 Å². The van der Waals surface area contributed by atoms with E-state index in [-0.39, 0.29) is 24.5 Å². The quantitative estimate of drug-likeness (QED) is 0.829. The lowest BCUT2D eigenvalue weighted by Crippen LogP contribution is -2.39. The number of carbonyl (C=O) groups is 2. The number of likely N-dealkylation sites (N-methyl/N-ethyl adjacent to an activating group) is 1. The van der Waals surface area contributed by atoms with Crippen molar-refractivity contribution in [1.29, 1.82) is 0 Å². The van der Waals surface area contributed by atoms with Crippen LogP contribution in [0.15, 0.2) is 29.8 Å². The molecule has 1 saturated heterocycles. The highest BCUT2D eigenvalue weighted by Gasteiger charge is 2.31. The maximum atomic E-state index is 13.1. The molecule has 2 aromatic rings. The van der Waals surface area contributed by atoms with Gasteiger partial charge in [-0.05, 0) is 37.5 Å². The summed E-state index contributed by atoms with van der Waals surface area (Å²) in [6.45, 7) is 0.764. The van der Waals surface area contributed by atoms with E-state index in [1.54, 1.807) is 47.7 Å². The maximum absolute atomic E-state index is 13.1. The Morgan fingerprint density at radius 2 is 2.24 bits per heavy atom. The van der Waals surface area contributed by atoms with Gasteiger partial charge in [0.15, 0.2) is 6.61 Å². The number of rotatable bonds is 2. The highest BCUT2D eigenvalue weighted by Crippen LogP contribution is 2.36. The van der Waals surface area contributed by atoms with Crippen LogP contribution in [0.3, 0.4) is 0 Å². The van der Waals surface area contributed by atoms with Gasteiger partial charge in [0.1, 0.15) is 10.8 Å². The van der Waals surface area contributed by atoms with Crippen molar-refractivity contribution in [3.8, 4) is 5.75 Å². The molecule has 0 saturated carbocycles. The van der Waals surface area contributed by atoms with Crippen molar-refractivity contribution in [2.45, 2.75) is 25.3 Å². The van der Waals surface area contributed by atoms with Crippen LogP contribution in [0, 0.1) is 0 Å². The van der Waals surface area contributed by atoms with Crippen molar-refractivity contribution in [2.24, 2.45) is 0 Å². The number of nitrogens with zero attached hydrogens (tertiary/aromatic N) is 3. The third kappa shape index (κ3) is 2.89. The highest BCUT2D eigenvalue weighted by molar-refractivity contribution is 7.09. The molecule has 0 bridgehead atoms. The zero-order valence-electron chi connectivity index (χ0n) is 14.0. The molecule has 7 heteroatoms. The minimum atomic E-state index is -0.115. The number of carbonyl (C=O) groups excluding carboxylic acids is 2. The Hall–Kier alpha value is -2.41. The van der Waals surface area contributed by atoms with E-state index in [0.29, 0.717) is 17.0 Å². The Kier molecular flexibility index (Phi) is 4.17. The van der Waals surface area contributed by atoms with E-state index in [0.717, 1.165) is 30.8 Å². The van der Waals surface area contributed by atoms with Crippen molar-refractivity contribution in [1.82, 2.24) is 9.88 Å². The molecular formula is C18H19N3O3S. The van der Waals surface area contributed by atoms with Gasteiger partial charge in [-0.1, -0.05) is 0 Å². The van der Waals surface area contributed by atoms with Gasteiger partial charge in [0.05, 0.1) is 11.7 Å². The van der Waals surface area contributed by atoms with Crippen LogP contribution >= 0.6 is 11.3 Å². The first kappa shape index (κ1) is 16.1. The number of amides is 2. The molecule has 0 radical (unpaired) electrons. The van der Waals surface area contributed by atoms with E-state index in [2.05, 4.69) is 4.98 Å². The van der Waals surface area contributed by atoms with Gasteiger partial charge in [-0.15, -0.1) is 11.3 Å². The Balaban J connectivity index is 1.65. The number of piperidine rings is 1. The fourth-order valence-corrected chi connectivity index (χ4v) is 4.19. The molecule has 1 atom stereocenters. The van der Waals surface area contributed by atoms with Gasteiger partial charge in [0.25, 0.3) is 11.8 Å². The van der Waals surface area contributed by atoms with Crippen molar-refractivity contribution >= 4 is 28.8 Å². The number of hydrogen-bond donors (Lipinski definition) is 0. The second kappa shape index (κ2) is 6.48. The van der Waals surface area contributed by atoms with Crippen molar-refractivity contribution in [3.63, 3.8) is 0 Å². The van der Waals surface area contributed by atoms with Crippen molar-refractivity contribution < 1.29 is 14.3 Å². The lowest BCUT2D eigenvalue weighted by molar-refractivity contribution is -0.120. The summed E-state index contributed by atoms with van der Waals surface area (Å²) in [7, 11) is 1.71. The fraction of sp³-hybridized carbons (Fsp3) is 0.389. The van der Waals surface area contributed by atoms with Crippen LogP contribution < -0.4 is 9.64 Å². The second-order valence-corrected chi connectivity index (χ2v) is 7.23. The van der Waals surface area contributed by atoms with Crippen LogP contribution in [0.25, 0.3) is 0 Å². The van der Waals surface area contributed by atoms with Gasteiger partial charge in [-0.25, -0.2) is 4.98 Å². The number of aromatic nitrogens is 1. The summed E-state index contributed by atoms with van der Waals surface area (Å²) in [5.74, 6) is 0.499. The lowest BCUT2D eigenvalue weighted by Gasteiger charge is -2.35. The average Bonchev–Trinajstić information content (AvgIpc) is 3.18. The van der Waals surface area contributed by atoms with Crippen LogP contribution in [0.5, 0.6) is 5.75 Å². The van der Waals surface area contributed by atoms with Gasteiger partial charge >= 0.3 is 0 Å². The smallest absolute Gasteiger partial charge is 0.264 e. The lowest BCUT2D eigenvalue weighted by atomic mass is 10.0. The number of likely N-dealkylation sites (tertiary alicyclic amines) is 1. The molecule has 6 nitrogen and oxygen atoms in total. The molecule has 1 aromatic heterocycles. The van der Waals surface area contributed by atoms with Crippen molar-refractivity contribution in [3.05, 3.63) is 40.3 Å². The standard InChI is InChI=1S/C18H19N3O3S/c1-20-14-10-12(5-6-15(14)24-11-16(20)22)18(23)21-8-3-2-4-13(21)17-19-7-9-25-17/h5-7,9-10,13H,2-4,8,11H2,1H3. The van der Waals surface area contributed by atoms with E-state index >= 15 is 0 Å². The van der Waals surface area contributed by atoms with E-state index in [1.165, 1.54) is 0 Å². The van der Waals surface area contributed by atoms with Gasteiger partial charge in [0.2, 0.25) is 0 Å². The first-order valence-electron chi connectivity index (χ1n) is 8.39. The molecular weight excluding hydrogens is 338 g/mol. The fourth-order valence-electron chi connectivity index (χ4n) is 3.40. The molecule has 3 heterocycles. The van der Waals surface area contributed by atoms with Gasteiger partial charge in [-0.3, -0.25) is 9.59 Å². The summed E-state index contributed by atoms with van der Waals surface area (Å²) in [4.78, 5) is 32.9. The summed E-state index contributed by atoms with van der Waals surface area (Å²) < 4.78 is 5.44. The number of hydrogen-bond acceptors (Lipinski definition) is 5. The monoisotopic (exact) mass is 357 g/mol. The van der Waals surface area contributed by atoms with E-state index in [1.807, 2.05) is 10.3 Å². The van der Waals surface area contributed by atoms with Crippen LogP contribution in [0.2, 0.25) is 0 Å². The van der Waals surface area contributed by atoms with E-state index < -0.39 is 0 Å². The predicted octanol–water partition coefficient (Wildman–Crippen LogP) is 2.87. The molecule has 2 aliphatic rings. The molecule has 4 rings (SSSR count). The normalized spacial score (nSPS) is 20.2. The number of ether oxygens (including phenoxy) is 1. The number of benzene rings is 1. The number of thiazole rings is 1. The number of fused-ring (bicyclic) bond motifs is 1. The third-order valence-electron chi connectivity index (χ3n) is 4.79. The van der Waals surface area contributed by atoms with Crippen LogP contribution in [0.1, 0.15) is 40.7 Å². The van der Waals surface area contributed by atoms with E-state index in [4.69, 9.17) is 4.74 Å². The van der Waals surface area contributed by atoms with Gasteiger partial charge < -0.3 is 14.5 Å². The molecule has 1 aromatic carbocycles. The first-order chi connectivity index (χ1) is 12.1. The zero-order chi connectivity index (χ0) is 17.4. The minimum absolute atomic E-state index is 0.0193. The summed E-state index contributed by atoms with van der Waals surface area (Å²) in [5.41, 5.74) is 1.22. The zero-order valence-corrected chi connectivity index (χ0v) is 14.8. The Labute approximate surface area is 150 Å². The molecule has 1 unspecified atom stereocenters. The topological polar surface area (TPSA) is 62.7 Å².